The maximum atomic E-state index is 13.5. The van der Waals surface area contributed by atoms with Gasteiger partial charge in [0.2, 0.25) is 5.92 Å². The Hall–Kier alpha value is -1.54. The number of carbonyl (C=O) groups is 1. The molecule has 0 bridgehead atoms. The van der Waals surface area contributed by atoms with Crippen molar-refractivity contribution in [2.45, 2.75) is 38.2 Å². The van der Waals surface area contributed by atoms with Crippen molar-refractivity contribution in [2.24, 2.45) is 5.92 Å². The molecule has 1 aromatic carbocycles. The summed E-state index contributed by atoms with van der Waals surface area (Å²) < 4.78 is 50.0. The molecule has 0 aromatic heterocycles. The number of benzene rings is 1. The second-order valence-electron chi connectivity index (χ2n) is 7.66. The van der Waals surface area contributed by atoms with E-state index in [1.165, 1.54) is 0 Å². The summed E-state index contributed by atoms with van der Waals surface area (Å²) in [6, 6.07) is 7.18. The number of nitrogens with one attached hydrogen (secondary N) is 1. The van der Waals surface area contributed by atoms with Crippen molar-refractivity contribution >= 4 is 15.7 Å². The Morgan fingerprint density at radius 2 is 2.00 bits per heavy atom. The van der Waals surface area contributed by atoms with Crippen molar-refractivity contribution in [3.63, 3.8) is 0 Å². The largest absolute Gasteiger partial charge is 0.352 e. The highest BCUT2D eigenvalue weighted by Gasteiger charge is 2.36. The third-order valence-electron chi connectivity index (χ3n) is 5.33. The van der Waals surface area contributed by atoms with Crippen LogP contribution in [0.2, 0.25) is 0 Å². The number of halogens is 2. The van der Waals surface area contributed by atoms with Crippen molar-refractivity contribution in [3.05, 3.63) is 35.4 Å². The van der Waals surface area contributed by atoms with E-state index in [2.05, 4.69) is 10.2 Å². The quantitative estimate of drug-likeness (QED) is 0.825. The van der Waals surface area contributed by atoms with Crippen LogP contribution in [0.15, 0.2) is 24.3 Å². The molecular weight excluding hydrogens is 374 g/mol. The Morgan fingerprint density at radius 3 is 2.70 bits per heavy atom. The van der Waals surface area contributed by atoms with Crippen LogP contribution in [0.3, 0.4) is 0 Å². The van der Waals surface area contributed by atoms with Gasteiger partial charge in [-0.1, -0.05) is 12.1 Å². The molecule has 3 rings (SSSR count). The second-order valence-corrected chi connectivity index (χ2v) is 9.96. The highest BCUT2D eigenvalue weighted by Crippen LogP contribution is 2.36. The SMILES string of the molecule is O=C(NC[C@@H]1CCCC(F)(F)C1)c1cccc(CN2CCS(=O)(=O)CC2)c1. The Labute approximate surface area is 159 Å². The standard InChI is InChI=1S/C19H26F2N2O3S/c20-19(21)6-2-4-16(12-19)13-22-18(24)17-5-1-3-15(11-17)14-23-7-9-27(25,26)10-8-23/h1,3,5,11,16H,2,4,6-10,12-14H2,(H,22,24)/t16-/m1/s1. The average molecular weight is 400 g/mol. The molecule has 2 aliphatic rings. The average Bonchev–Trinajstić information content (AvgIpc) is 2.61. The molecule has 1 saturated carbocycles. The molecule has 0 radical (unpaired) electrons. The van der Waals surface area contributed by atoms with Crippen LogP contribution in [-0.4, -0.2) is 56.3 Å². The van der Waals surface area contributed by atoms with Crippen molar-refractivity contribution in [2.75, 3.05) is 31.1 Å². The van der Waals surface area contributed by atoms with Gasteiger partial charge >= 0.3 is 0 Å². The molecule has 150 valence electrons. The molecule has 0 spiro atoms. The fraction of sp³-hybridized carbons (Fsp3) is 0.632. The summed E-state index contributed by atoms with van der Waals surface area (Å²) >= 11 is 0. The van der Waals surface area contributed by atoms with Crippen LogP contribution in [0.25, 0.3) is 0 Å². The smallest absolute Gasteiger partial charge is 0.251 e. The molecule has 1 saturated heterocycles. The topological polar surface area (TPSA) is 66.5 Å². The number of carbonyl (C=O) groups excluding carboxylic acids is 1. The maximum Gasteiger partial charge on any atom is 0.251 e. The maximum absolute atomic E-state index is 13.5. The minimum absolute atomic E-state index is 0.0582. The number of hydrogen-bond donors (Lipinski definition) is 1. The molecule has 1 aromatic rings. The number of amides is 1. The zero-order chi connectivity index (χ0) is 19.5. The lowest BCUT2D eigenvalue weighted by molar-refractivity contribution is -0.0518. The molecule has 5 nitrogen and oxygen atoms in total. The lowest BCUT2D eigenvalue weighted by Crippen LogP contribution is -2.39. The number of alkyl halides is 2. The molecule has 27 heavy (non-hydrogen) atoms. The van der Waals surface area contributed by atoms with Gasteiger partial charge in [-0.2, -0.15) is 0 Å². The van der Waals surface area contributed by atoms with Crippen molar-refractivity contribution < 1.29 is 22.0 Å². The summed E-state index contributed by atoms with van der Waals surface area (Å²) in [5.74, 6) is -2.73. The minimum atomic E-state index is -2.92. The van der Waals surface area contributed by atoms with Gasteiger partial charge in [-0.15, -0.1) is 0 Å². The first kappa shape index (κ1) is 20.2. The van der Waals surface area contributed by atoms with Crippen molar-refractivity contribution in [3.8, 4) is 0 Å². The van der Waals surface area contributed by atoms with Crippen LogP contribution in [0.1, 0.15) is 41.6 Å². The van der Waals surface area contributed by atoms with Crippen LogP contribution in [0, 0.1) is 5.92 Å². The molecule has 1 aliphatic heterocycles. The van der Waals surface area contributed by atoms with E-state index in [-0.39, 0.29) is 42.7 Å². The lowest BCUT2D eigenvalue weighted by atomic mass is 9.86. The third-order valence-corrected chi connectivity index (χ3v) is 6.94. The van der Waals surface area contributed by atoms with E-state index >= 15 is 0 Å². The van der Waals surface area contributed by atoms with Gasteiger partial charge in [-0.3, -0.25) is 9.69 Å². The normalized spacial score (nSPS) is 25.0. The predicted molar refractivity (Wildman–Crippen MR) is 99.6 cm³/mol. The molecule has 1 amide bonds. The predicted octanol–water partition coefficient (Wildman–Crippen LogP) is 2.47. The van der Waals surface area contributed by atoms with E-state index in [0.717, 1.165) is 5.56 Å². The van der Waals surface area contributed by atoms with Gasteiger partial charge in [-0.05, 0) is 36.5 Å². The zero-order valence-electron chi connectivity index (χ0n) is 15.3. The van der Waals surface area contributed by atoms with Gasteiger partial charge in [0.15, 0.2) is 9.84 Å². The number of rotatable bonds is 5. The highest BCUT2D eigenvalue weighted by molar-refractivity contribution is 7.91. The van der Waals surface area contributed by atoms with Crippen LogP contribution < -0.4 is 5.32 Å². The van der Waals surface area contributed by atoms with E-state index in [9.17, 15) is 22.0 Å². The van der Waals surface area contributed by atoms with Gasteiger partial charge in [0, 0.05) is 44.6 Å². The first-order valence-corrected chi connectivity index (χ1v) is 11.2. The molecule has 1 heterocycles. The van der Waals surface area contributed by atoms with Gasteiger partial charge in [0.1, 0.15) is 0 Å². The van der Waals surface area contributed by atoms with E-state index in [4.69, 9.17) is 0 Å². The minimum Gasteiger partial charge on any atom is -0.352 e. The lowest BCUT2D eigenvalue weighted by Gasteiger charge is -2.29. The second kappa shape index (κ2) is 8.22. The van der Waals surface area contributed by atoms with Gasteiger partial charge in [0.05, 0.1) is 11.5 Å². The zero-order valence-corrected chi connectivity index (χ0v) is 16.1. The molecule has 2 fully saturated rings. The summed E-state index contributed by atoms with van der Waals surface area (Å²) in [6.07, 6.45) is 0.991. The molecular formula is C19H26F2N2O3S. The van der Waals surface area contributed by atoms with Crippen LogP contribution in [0.4, 0.5) is 8.78 Å². The summed E-state index contributed by atoms with van der Waals surface area (Å²) in [5, 5.41) is 2.78. The van der Waals surface area contributed by atoms with Crippen molar-refractivity contribution in [1.82, 2.24) is 10.2 Å². The van der Waals surface area contributed by atoms with Crippen LogP contribution in [-0.2, 0) is 16.4 Å². The number of hydrogen-bond acceptors (Lipinski definition) is 4. The van der Waals surface area contributed by atoms with Crippen molar-refractivity contribution in [1.29, 1.82) is 0 Å². The van der Waals surface area contributed by atoms with E-state index in [1.807, 2.05) is 6.07 Å². The monoisotopic (exact) mass is 400 g/mol. The van der Waals surface area contributed by atoms with E-state index in [1.54, 1.807) is 18.2 Å². The first-order chi connectivity index (χ1) is 12.7. The van der Waals surface area contributed by atoms with Crippen LogP contribution in [0.5, 0.6) is 0 Å². The molecule has 8 heteroatoms. The number of nitrogens with zero attached hydrogens (tertiary/aromatic N) is 1. The fourth-order valence-electron chi connectivity index (χ4n) is 3.77. The molecule has 1 atom stereocenters. The van der Waals surface area contributed by atoms with E-state index in [0.29, 0.717) is 38.0 Å². The van der Waals surface area contributed by atoms with Gasteiger partial charge in [-0.25, -0.2) is 17.2 Å². The Balaban J connectivity index is 1.53. The Kier molecular flexibility index (Phi) is 6.15. The summed E-state index contributed by atoms with van der Waals surface area (Å²) in [4.78, 5) is 14.4. The Morgan fingerprint density at radius 1 is 1.26 bits per heavy atom. The number of sulfone groups is 1. The summed E-state index contributed by atoms with van der Waals surface area (Å²) in [5.41, 5.74) is 1.44. The molecule has 0 unspecified atom stereocenters. The first-order valence-electron chi connectivity index (χ1n) is 9.40. The Bertz CT molecular complexity index is 769. The highest BCUT2D eigenvalue weighted by atomic mass is 32.2. The molecule has 1 N–H and O–H groups in total. The van der Waals surface area contributed by atoms with Gasteiger partial charge < -0.3 is 5.32 Å². The van der Waals surface area contributed by atoms with Gasteiger partial charge in [0.25, 0.3) is 5.91 Å². The fourth-order valence-corrected chi connectivity index (χ4v) is 5.04. The molecule has 1 aliphatic carbocycles. The third kappa shape index (κ3) is 5.97. The summed E-state index contributed by atoms with van der Waals surface area (Å²) in [6.45, 7) is 1.84. The summed E-state index contributed by atoms with van der Waals surface area (Å²) in [7, 11) is -2.92. The van der Waals surface area contributed by atoms with E-state index < -0.39 is 15.8 Å². The van der Waals surface area contributed by atoms with Crippen LogP contribution >= 0.6 is 0 Å².